The molecule has 2 aliphatic heterocycles. The summed E-state index contributed by atoms with van der Waals surface area (Å²) in [5.41, 5.74) is 4.31. The monoisotopic (exact) mass is 291 g/mol. The lowest BCUT2D eigenvalue weighted by Crippen LogP contribution is -2.58. The molecule has 112 valence electrons. The molecule has 0 N–H and O–H groups in total. The van der Waals surface area contributed by atoms with Gasteiger partial charge in [-0.1, -0.05) is 36.4 Å². The Morgan fingerprint density at radius 1 is 1.00 bits per heavy atom. The molecule has 0 fully saturated rings. The van der Waals surface area contributed by atoms with Crippen LogP contribution in [-0.2, 0) is 5.41 Å². The van der Waals surface area contributed by atoms with Gasteiger partial charge >= 0.3 is 0 Å². The van der Waals surface area contributed by atoms with Crippen LogP contribution in [0, 0.1) is 6.92 Å². The number of nitrogens with zero attached hydrogens (tertiary/aromatic N) is 1. The number of benzene rings is 2. The lowest BCUT2D eigenvalue weighted by molar-refractivity contribution is 0.0574. The van der Waals surface area contributed by atoms with Gasteiger partial charge in [-0.15, -0.1) is 0 Å². The molecular weight excluding hydrogens is 270 g/mol. The normalized spacial score (nSPS) is 24.1. The van der Waals surface area contributed by atoms with Crippen LogP contribution in [0.3, 0.4) is 0 Å². The van der Waals surface area contributed by atoms with E-state index >= 15 is 0 Å². The molecule has 0 saturated carbocycles. The number of hydrogen-bond acceptors (Lipinski definition) is 2. The molecule has 2 aromatic carbocycles. The Kier molecular flexibility index (Phi) is 2.54. The van der Waals surface area contributed by atoms with Crippen molar-refractivity contribution in [1.29, 1.82) is 0 Å². The number of rotatable bonds is 0. The quantitative estimate of drug-likeness (QED) is 0.707. The highest BCUT2D eigenvalue weighted by Gasteiger charge is 2.57. The van der Waals surface area contributed by atoms with Crippen LogP contribution in [0.4, 0.5) is 5.69 Å². The first-order chi connectivity index (χ1) is 10.5. The Bertz CT molecular complexity index is 790. The van der Waals surface area contributed by atoms with E-state index in [1.807, 2.05) is 0 Å². The number of hydrogen-bond donors (Lipinski definition) is 0. The number of anilines is 1. The maximum absolute atomic E-state index is 6.66. The lowest BCUT2D eigenvalue weighted by atomic mass is 9.76. The van der Waals surface area contributed by atoms with Gasteiger partial charge in [-0.2, -0.15) is 0 Å². The van der Waals surface area contributed by atoms with Crippen LogP contribution in [0.5, 0.6) is 5.75 Å². The van der Waals surface area contributed by atoms with Crippen LogP contribution in [0.15, 0.2) is 48.5 Å². The molecule has 2 heterocycles. The molecule has 22 heavy (non-hydrogen) atoms. The molecule has 2 heteroatoms. The minimum atomic E-state index is -0.476. The molecular formula is C20H21NO. The second-order valence-corrected chi connectivity index (χ2v) is 6.83. The number of para-hydroxylation sites is 2. The van der Waals surface area contributed by atoms with Crippen LogP contribution < -0.4 is 9.64 Å². The molecule has 0 bridgehead atoms. The van der Waals surface area contributed by atoms with Gasteiger partial charge in [0.25, 0.3) is 0 Å². The first-order valence-corrected chi connectivity index (χ1v) is 7.78. The van der Waals surface area contributed by atoms with E-state index < -0.39 is 5.72 Å². The van der Waals surface area contributed by atoms with E-state index in [9.17, 15) is 0 Å². The smallest absolute Gasteiger partial charge is 0.211 e. The van der Waals surface area contributed by atoms with Gasteiger partial charge in [0.15, 0.2) is 0 Å². The number of ether oxygens (including phenoxy) is 1. The van der Waals surface area contributed by atoms with Crippen molar-refractivity contribution in [2.75, 3.05) is 11.9 Å². The first kappa shape index (κ1) is 13.4. The Hall–Kier alpha value is -2.22. The average Bonchev–Trinajstić information content (AvgIpc) is 2.68. The summed E-state index contributed by atoms with van der Waals surface area (Å²) >= 11 is 0. The third-order valence-electron chi connectivity index (χ3n) is 5.32. The van der Waals surface area contributed by atoms with Gasteiger partial charge < -0.3 is 9.64 Å². The van der Waals surface area contributed by atoms with Gasteiger partial charge in [0.05, 0.1) is 5.41 Å². The summed E-state index contributed by atoms with van der Waals surface area (Å²) in [6.07, 6.45) is 4.42. The minimum absolute atomic E-state index is 0.130. The fourth-order valence-electron chi connectivity index (χ4n) is 3.94. The summed E-state index contributed by atoms with van der Waals surface area (Å²) < 4.78 is 6.66. The van der Waals surface area contributed by atoms with Crippen LogP contribution in [-0.4, -0.2) is 12.8 Å². The van der Waals surface area contributed by atoms with Crippen molar-refractivity contribution in [3.8, 4) is 5.75 Å². The summed E-state index contributed by atoms with van der Waals surface area (Å²) in [5, 5.41) is 0. The fraction of sp³-hybridized carbons (Fsp3) is 0.300. The summed E-state index contributed by atoms with van der Waals surface area (Å²) in [6.45, 7) is 6.65. The van der Waals surface area contributed by atoms with E-state index in [1.54, 1.807) is 0 Å². The van der Waals surface area contributed by atoms with Crippen LogP contribution >= 0.6 is 0 Å². The Morgan fingerprint density at radius 3 is 2.55 bits per heavy atom. The summed E-state index contributed by atoms with van der Waals surface area (Å²) in [5.74, 6) is 0.998. The molecule has 4 rings (SSSR count). The second kappa shape index (κ2) is 4.16. The standard InChI is InChI=1S/C20H21NO/c1-14-8-7-9-15-12-13-20(22-18(14)15)19(2,3)16-10-5-6-11-17(16)21(20)4/h5-13H,1-4H3/t20-/m0/s1. The van der Waals surface area contributed by atoms with Crippen molar-refractivity contribution in [1.82, 2.24) is 0 Å². The third-order valence-corrected chi connectivity index (χ3v) is 5.32. The van der Waals surface area contributed by atoms with E-state index in [4.69, 9.17) is 4.74 Å². The van der Waals surface area contributed by atoms with Gasteiger partial charge in [-0.25, -0.2) is 0 Å². The van der Waals surface area contributed by atoms with Crippen molar-refractivity contribution in [3.63, 3.8) is 0 Å². The summed E-state index contributed by atoms with van der Waals surface area (Å²) in [6, 6.07) is 14.9. The van der Waals surface area contributed by atoms with E-state index in [2.05, 4.69) is 87.3 Å². The molecule has 2 aliphatic rings. The zero-order valence-corrected chi connectivity index (χ0v) is 13.6. The molecule has 2 nitrogen and oxygen atoms in total. The predicted octanol–water partition coefficient (Wildman–Crippen LogP) is 4.52. The third kappa shape index (κ3) is 1.45. The highest BCUT2D eigenvalue weighted by molar-refractivity contribution is 5.72. The highest BCUT2D eigenvalue weighted by Crippen LogP contribution is 2.54. The van der Waals surface area contributed by atoms with Crippen molar-refractivity contribution < 1.29 is 4.74 Å². The molecule has 0 aliphatic carbocycles. The van der Waals surface area contributed by atoms with E-state index in [0.717, 1.165) is 11.3 Å². The average molecular weight is 291 g/mol. The maximum Gasteiger partial charge on any atom is 0.211 e. The van der Waals surface area contributed by atoms with Gasteiger partial charge in [0, 0.05) is 18.3 Å². The highest BCUT2D eigenvalue weighted by atomic mass is 16.5. The largest absolute Gasteiger partial charge is 0.463 e. The van der Waals surface area contributed by atoms with Crippen molar-refractivity contribution in [3.05, 3.63) is 65.2 Å². The molecule has 0 amide bonds. The number of aryl methyl sites for hydroxylation is 1. The molecule has 1 atom stereocenters. The van der Waals surface area contributed by atoms with Gasteiger partial charge in [0.2, 0.25) is 5.72 Å². The maximum atomic E-state index is 6.66. The lowest BCUT2D eigenvalue weighted by Gasteiger charge is -2.46. The minimum Gasteiger partial charge on any atom is -0.463 e. The molecule has 0 aromatic heterocycles. The van der Waals surface area contributed by atoms with Crippen LogP contribution in [0.1, 0.15) is 30.5 Å². The van der Waals surface area contributed by atoms with Crippen LogP contribution in [0.2, 0.25) is 0 Å². The van der Waals surface area contributed by atoms with Crippen molar-refractivity contribution in [2.45, 2.75) is 31.9 Å². The van der Waals surface area contributed by atoms with Gasteiger partial charge in [0.1, 0.15) is 5.75 Å². The topological polar surface area (TPSA) is 12.5 Å². The zero-order valence-electron chi connectivity index (χ0n) is 13.6. The Balaban J connectivity index is 1.93. The molecule has 1 spiro atoms. The van der Waals surface area contributed by atoms with E-state index in [-0.39, 0.29) is 5.41 Å². The van der Waals surface area contributed by atoms with Crippen molar-refractivity contribution >= 4 is 11.8 Å². The number of fused-ring (bicyclic) bond motifs is 2. The number of likely N-dealkylation sites (N-methyl/N-ethyl adjacent to an activating group) is 1. The van der Waals surface area contributed by atoms with E-state index in [0.29, 0.717) is 0 Å². The second-order valence-electron chi connectivity index (χ2n) is 6.83. The zero-order chi connectivity index (χ0) is 15.5. The van der Waals surface area contributed by atoms with Gasteiger partial charge in [-0.05, 0) is 50.1 Å². The molecule has 0 saturated heterocycles. The van der Waals surface area contributed by atoms with Crippen LogP contribution in [0.25, 0.3) is 6.08 Å². The SMILES string of the molecule is Cc1cccc2c1O[C@]1(C=C2)N(C)c2ccccc2C1(C)C. The molecule has 0 radical (unpaired) electrons. The Morgan fingerprint density at radius 2 is 1.77 bits per heavy atom. The first-order valence-electron chi connectivity index (χ1n) is 7.78. The summed E-state index contributed by atoms with van der Waals surface area (Å²) in [7, 11) is 2.13. The van der Waals surface area contributed by atoms with E-state index in [1.165, 1.54) is 16.8 Å². The van der Waals surface area contributed by atoms with Gasteiger partial charge in [-0.3, -0.25) is 0 Å². The molecule has 2 aromatic rings. The predicted molar refractivity (Wildman–Crippen MR) is 91.4 cm³/mol. The Labute approximate surface area is 132 Å². The fourth-order valence-corrected chi connectivity index (χ4v) is 3.94. The van der Waals surface area contributed by atoms with Crippen molar-refractivity contribution in [2.24, 2.45) is 0 Å². The molecule has 0 unspecified atom stereocenters. The summed E-state index contributed by atoms with van der Waals surface area (Å²) in [4.78, 5) is 2.27.